The lowest BCUT2D eigenvalue weighted by Crippen LogP contribution is -2.38. The molecule has 0 spiro atoms. The second-order valence-electron chi connectivity index (χ2n) is 5.88. The predicted molar refractivity (Wildman–Crippen MR) is 93.3 cm³/mol. The van der Waals surface area contributed by atoms with Crippen molar-refractivity contribution >= 4 is 11.8 Å². The maximum Gasteiger partial charge on any atom is 0.187 e. The number of benzene rings is 1. The predicted octanol–water partition coefficient (Wildman–Crippen LogP) is 3.38. The fraction of sp³-hybridized carbons (Fsp3) is 0.444. The SMILES string of the molecule is CO[C@H]1CCCN(Cc2cnc(SCc3ccccc3)nc2)C1. The third kappa shape index (κ3) is 5.03. The lowest BCUT2D eigenvalue weighted by Gasteiger charge is -2.31. The van der Waals surface area contributed by atoms with Gasteiger partial charge in [-0.15, -0.1) is 0 Å². The van der Waals surface area contributed by atoms with Crippen LogP contribution in [0.3, 0.4) is 0 Å². The zero-order valence-electron chi connectivity index (χ0n) is 13.5. The van der Waals surface area contributed by atoms with Crippen LogP contribution in [0.1, 0.15) is 24.0 Å². The number of aromatic nitrogens is 2. The molecule has 1 atom stereocenters. The zero-order chi connectivity index (χ0) is 15.9. The van der Waals surface area contributed by atoms with Crippen molar-refractivity contribution in [2.45, 2.75) is 36.4 Å². The summed E-state index contributed by atoms with van der Waals surface area (Å²) >= 11 is 1.68. The van der Waals surface area contributed by atoms with E-state index in [1.165, 1.54) is 24.0 Å². The Morgan fingerprint density at radius 1 is 1.17 bits per heavy atom. The highest BCUT2D eigenvalue weighted by atomic mass is 32.2. The number of hydrogen-bond acceptors (Lipinski definition) is 5. The summed E-state index contributed by atoms with van der Waals surface area (Å²) in [6.07, 6.45) is 6.64. The highest BCUT2D eigenvalue weighted by Gasteiger charge is 2.19. The Balaban J connectivity index is 1.51. The van der Waals surface area contributed by atoms with Gasteiger partial charge in [0, 0.05) is 43.9 Å². The van der Waals surface area contributed by atoms with Gasteiger partial charge in [0.1, 0.15) is 0 Å². The van der Waals surface area contributed by atoms with Crippen molar-refractivity contribution in [1.29, 1.82) is 0 Å². The molecular weight excluding hydrogens is 306 g/mol. The summed E-state index contributed by atoms with van der Waals surface area (Å²) in [7, 11) is 1.80. The number of thioether (sulfide) groups is 1. The first kappa shape index (κ1) is 16.4. The van der Waals surface area contributed by atoms with Crippen molar-refractivity contribution in [2.75, 3.05) is 20.2 Å². The highest BCUT2D eigenvalue weighted by Crippen LogP contribution is 2.19. The average Bonchev–Trinajstić information content (AvgIpc) is 2.62. The van der Waals surface area contributed by atoms with E-state index < -0.39 is 0 Å². The minimum atomic E-state index is 0.366. The average molecular weight is 329 g/mol. The van der Waals surface area contributed by atoms with Gasteiger partial charge >= 0.3 is 0 Å². The Labute approximate surface area is 142 Å². The second-order valence-corrected chi connectivity index (χ2v) is 6.83. The Morgan fingerprint density at radius 2 is 1.96 bits per heavy atom. The van der Waals surface area contributed by atoms with E-state index in [0.29, 0.717) is 6.10 Å². The second kappa shape index (κ2) is 8.43. The molecule has 0 bridgehead atoms. The van der Waals surface area contributed by atoms with Crippen LogP contribution in [0.15, 0.2) is 47.9 Å². The lowest BCUT2D eigenvalue weighted by atomic mass is 10.1. The van der Waals surface area contributed by atoms with E-state index in [-0.39, 0.29) is 0 Å². The molecule has 1 aliphatic rings. The summed E-state index contributed by atoms with van der Waals surface area (Å²) in [4.78, 5) is 11.4. The summed E-state index contributed by atoms with van der Waals surface area (Å²) in [5.74, 6) is 0.905. The molecule has 1 aliphatic heterocycles. The minimum absolute atomic E-state index is 0.366. The van der Waals surface area contributed by atoms with Gasteiger partial charge in [-0.2, -0.15) is 0 Å². The van der Waals surface area contributed by atoms with Gasteiger partial charge in [0.25, 0.3) is 0 Å². The van der Waals surface area contributed by atoms with Gasteiger partial charge in [-0.1, -0.05) is 42.1 Å². The summed E-state index contributed by atoms with van der Waals surface area (Å²) in [6, 6.07) is 10.4. The van der Waals surface area contributed by atoms with E-state index in [0.717, 1.165) is 30.5 Å². The molecule has 1 fully saturated rings. The van der Waals surface area contributed by atoms with Crippen LogP contribution < -0.4 is 0 Å². The van der Waals surface area contributed by atoms with Crippen molar-refractivity contribution < 1.29 is 4.74 Å². The molecule has 0 amide bonds. The molecule has 4 nitrogen and oxygen atoms in total. The first-order valence-corrected chi connectivity index (χ1v) is 9.05. The van der Waals surface area contributed by atoms with Gasteiger partial charge < -0.3 is 4.74 Å². The van der Waals surface area contributed by atoms with Crippen LogP contribution in [-0.4, -0.2) is 41.2 Å². The smallest absolute Gasteiger partial charge is 0.187 e. The number of rotatable bonds is 6. The molecule has 1 aromatic heterocycles. The molecule has 5 heteroatoms. The monoisotopic (exact) mass is 329 g/mol. The van der Waals surface area contributed by atoms with E-state index in [9.17, 15) is 0 Å². The topological polar surface area (TPSA) is 38.2 Å². The molecular formula is C18H23N3OS. The largest absolute Gasteiger partial charge is 0.380 e. The number of nitrogens with zero attached hydrogens (tertiary/aromatic N) is 3. The standard InChI is InChI=1S/C18H23N3OS/c1-22-17-8-5-9-21(13-17)12-16-10-19-18(20-11-16)23-14-15-6-3-2-4-7-15/h2-4,6-7,10-11,17H,5,8-9,12-14H2,1H3/t17-/m0/s1. The van der Waals surface area contributed by atoms with Crippen LogP contribution in [0.5, 0.6) is 0 Å². The van der Waals surface area contributed by atoms with Crippen LogP contribution in [-0.2, 0) is 17.0 Å². The number of ether oxygens (including phenoxy) is 1. The van der Waals surface area contributed by atoms with Gasteiger partial charge in [0.15, 0.2) is 5.16 Å². The van der Waals surface area contributed by atoms with Crippen LogP contribution in [0, 0.1) is 0 Å². The van der Waals surface area contributed by atoms with Crippen molar-refractivity contribution in [3.8, 4) is 0 Å². The first-order valence-electron chi connectivity index (χ1n) is 8.06. The van der Waals surface area contributed by atoms with Crippen molar-refractivity contribution in [3.63, 3.8) is 0 Å². The van der Waals surface area contributed by atoms with Crippen molar-refractivity contribution in [2.24, 2.45) is 0 Å². The van der Waals surface area contributed by atoms with Gasteiger partial charge in [0.05, 0.1) is 6.10 Å². The molecule has 2 aromatic rings. The normalized spacial score (nSPS) is 18.9. The highest BCUT2D eigenvalue weighted by molar-refractivity contribution is 7.98. The zero-order valence-corrected chi connectivity index (χ0v) is 14.3. The Bertz CT molecular complexity index is 591. The van der Waals surface area contributed by atoms with E-state index in [1.54, 1.807) is 18.9 Å². The van der Waals surface area contributed by atoms with E-state index in [4.69, 9.17) is 4.74 Å². The summed E-state index contributed by atoms with van der Waals surface area (Å²) in [6.45, 7) is 3.04. The molecule has 2 heterocycles. The Kier molecular flexibility index (Phi) is 6.02. The molecule has 1 saturated heterocycles. The molecule has 122 valence electrons. The van der Waals surface area contributed by atoms with Gasteiger partial charge in [-0.3, -0.25) is 4.90 Å². The minimum Gasteiger partial charge on any atom is -0.380 e. The van der Waals surface area contributed by atoms with Crippen molar-refractivity contribution in [1.82, 2.24) is 14.9 Å². The molecule has 0 aliphatic carbocycles. The fourth-order valence-electron chi connectivity index (χ4n) is 2.83. The quantitative estimate of drug-likeness (QED) is 0.600. The lowest BCUT2D eigenvalue weighted by molar-refractivity contribution is 0.0285. The van der Waals surface area contributed by atoms with Crippen LogP contribution >= 0.6 is 11.8 Å². The molecule has 3 rings (SSSR count). The van der Waals surface area contributed by atoms with Crippen LogP contribution in [0.4, 0.5) is 0 Å². The van der Waals surface area contributed by atoms with E-state index in [1.807, 2.05) is 18.5 Å². The number of methoxy groups -OCH3 is 1. The summed E-state index contributed by atoms with van der Waals surface area (Å²) in [5.41, 5.74) is 2.47. The van der Waals surface area contributed by atoms with Crippen LogP contribution in [0.2, 0.25) is 0 Å². The van der Waals surface area contributed by atoms with Crippen LogP contribution in [0.25, 0.3) is 0 Å². The van der Waals surface area contributed by atoms with Crippen molar-refractivity contribution in [3.05, 3.63) is 53.9 Å². The fourth-order valence-corrected chi connectivity index (χ4v) is 3.57. The third-order valence-electron chi connectivity index (χ3n) is 4.09. The molecule has 0 N–H and O–H groups in total. The summed E-state index contributed by atoms with van der Waals surface area (Å²) < 4.78 is 5.48. The number of piperidine rings is 1. The van der Waals surface area contributed by atoms with Gasteiger partial charge in [-0.05, 0) is 24.9 Å². The molecule has 1 aromatic carbocycles. The first-order chi connectivity index (χ1) is 11.3. The molecule has 0 unspecified atom stereocenters. The Hall–Kier alpha value is -1.43. The third-order valence-corrected chi connectivity index (χ3v) is 5.04. The van der Waals surface area contributed by atoms with E-state index >= 15 is 0 Å². The van der Waals surface area contributed by atoms with Gasteiger partial charge in [0.2, 0.25) is 0 Å². The molecule has 0 saturated carbocycles. The maximum atomic E-state index is 5.48. The molecule has 23 heavy (non-hydrogen) atoms. The number of likely N-dealkylation sites (tertiary alicyclic amines) is 1. The maximum absolute atomic E-state index is 5.48. The number of hydrogen-bond donors (Lipinski definition) is 0. The summed E-state index contributed by atoms with van der Waals surface area (Å²) in [5, 5.41) is 0.839. The molecule has 0 radical (unpaired) electrons. The van der Waals surface area contributed by atoms with E-state index in [2.05, 4.69) is 39.1 Å². The Morgan fingerprint density at radius 3 is 2.70 bits per heavy atom. The van der Waals surface area contributed by atoms with Gasteiger partial charge in [-0.25, -0.2) is 9.97 Å².